The van der Waals surface area contributed by atoms with Gasteiger partial charge in [0.25, 0.3) is 0 Å². The predicted molar refractivity (Wildman–Crippen MR) is 130 cm³/mol. The van der Waals surface area contributed by atoms with Crippen molar-refractivity contribution in [3.05, 3.63) is 74.3 Å². The van der Waals surface area contributed by atoms with Gasteiger partial charge in [-0.3, -0.25) is 4.99 Å². The fourth-order valence-corrected chi connectivity index (χ4v) is 4.96. The van der Waals surface area contributed by atoms with Gasteiger partial charge in [-0.15, -0.1) is 17.0 Å². The largest absolute Gasteiger partial charge is 0.323 e. The summed E-state index contributed by atoms with van der Waals surface area (Å²) in [5, 5.41) is 1.15. The summed E-state index contributed by atoms with van der Waals surface area (Å²) in [6.45, 7) is 6.51. The number of aliphatic imine (C=N–C) groups is 1. The average Bonchev–Trinajstić information content (AvgIpc) is 2.94. The average molecular weight is 573 g/mol. The second kappa shape index (κ2) is 8.44. The van der Waals surface area contributed by atoms with Gasteiger partial charge in [0.15, 0.2) is 5.17 Å². The fourth-order valence-electron chi connectivity index (χ4n) is 3.28. The lowest BCUT2D eigenvalue weighted by Crippen LogP contribution is -2.41. The summed E-state index contributed by atoms with van der Waals surface area (Å²) < 4.78 is 2.22. The van der Waals surface area contributed by atoms with Crippen LogP contribution in [0.2, 0.25) is 0 Å². The summed E-state index contributed by atoms with van der Waals surface area (Å²) >= 11 is 8.89. The summed E-state index contributed by atoms with van der Waals surface area (Å²) in [4.78, 5) is 8.66. The molecule has 4 rings (SSSR count). The Morgan fingerprint density at radius 3 is 2.22 bits per heavy atom. The Kier molecular flexibility index (Phi) is 6.61. The van der Waals surface area contributed by atoms with Crippen molar-refractivity contribution < 1.29 is 0 Å². The van der Waals surface area contributed by atoms with Gasteiger partial charge in [0.1, 0.15) is 0 Å². The number of fused-ring (bicyclic) bond motifs is 1. The van der Waals surface area contributed by atoms with Crippen LogP contribution in [0.4, 0.5) is 0 Å². The molecular formula is C21H21Br3N2S. The maximum absolute atomic E-state index is 4.89. The Morgan fingerprint density at radius 1 is 1.00 bits per heavy atom. The van der Waals surface area contributed by atoms with Gasteiger partial charge in [-0.2, -0.15) is 0 Å². The lowest BCUT2D eigenvalue weighted by Gasteiger charge is -2.36. The molecule has 0 aromatic heterocycles. The molecule has 27 heavy (non-hydrogen) atoms. The third-order valence-corrected chi connectivity index (χ3v) is 6.90. The highest BCUT2D eigenvalue weighted by molar-refractivity contribution is 9.10. The molecular weight excluding hydrogens is 552 g/mol. The van der Waals surface area contributed by atoms with E-state index in [1.54, 1.807) is 0 Å². The molecule has 0 saturated carbocycles. The number of allylic oxidation sites excluding steroid dienone is 1. The molecule has 0 bridgehead atoms. The van der Waals surface area contributed by atoms with Gasteiger partial charge in [-0.05, 0) is 47.2 Å². The molecule has 0 spiro atoms. The van der Waals surface area contributed by atoms with Crippen molar-refractivity contribution in [2.24, 2.45) is 10.4 Å². The van der Waals surface area contributed by atoms with Crippen LogP contribution in [0.25, 0.3) is 4.91 Å². The smallest absolute Gasteiger partial charge is 0.168 e. The molecule has 6 heteroatoms. The Hall–Kier alpha value is -0.560. The van der Waals surface area contributed by atoms with Gasteiger partial charge in [-0.1, -0.05) is 70.0 Å². The number of rotatable bonds is 3. The van der Waals surface area contributed by atoms with Gasteiger partial charge in [0.05, 0.1) is 0 Å². The molecule has 0 saturated heterocycles. The zero-order valence-electron chi connectivity index (χ0n) is 15.2. The first-order chi connectivity index (χ1) is 12.4. The van der Waals surface area contributed by atoms with E-state index in [1.807, 2.05) is 11.8 Å². The van der Waals surface area contributed by atoms with Crippen LogP contribution in [-0.2, 0) is 6.42 Å². The fraction of sp³-hybridized carbons (Fsp3) is 0.286. The normalized spacial score (nSPS) is 18.1. The molecule has 2 aliphatic heterocycles. The Bertz CT molecular complexity index is 887. The van der Waals surface area contributed by atoms with Crippen LogP contribution in [0, 0.1) is 5.41 Å². The third-order valence-electron chi connectivity index (χ3n) is 4.63. The van der Waals surface area contributed by atoms with Gasteiger partial charge < -0.3 is 4.90 Å². The van der Waals surface area contributed by atoms with Crippen molar-refractivity contribution in [3.8, 4) is 0 Å². The number of halogens is 3. The van der Waals surface area contributed by atoms with E-state index in [-0.39, 0.29) is 22.4 Å². The number of benzene rings is 2. The van der Waals surface area contributed by atoms with Gasteiger partial charge in [-0.25, -0.2) is 0 Å². The molecule has 0 N–H and O–H groups in total. The molecule has 2 aromatic rings. The van der Waals surface area contributed by atoms with Crippen LogP contribution in [0.1, 0.15) is 25.0 Å². The summed E-state index contributed by atoms with van der Waals surface area (Å²) in [7, 11) is 0. The van der Waals surface area contributed by atoms with Crippen LogP contribution in [0.3, 0.4) is 0 Å². The summed E-state index contributed by atoms with van der Waals surface area (Å²) in [5.74, 6) is 0. The highest BCUT2D eigenvalue weighted by Gasteiger charge is 2.37. The highest BCUT2D eigenvalue weighted by Crippen LogP contribution is 2.45. The summed E-state index contributed by atoms with van der Waals surface area (Å²) in [6.07, 6.45) is 0.917. The molecule has 2 aliphatic rings. The maximum atomic E-state index is 4.89. The lowest BCUT2D eigenvalue weighted by molar-refractivity contribution is 0.275. The quantitative estimate of drug-likeness (QED) is 0.388. The zero-order chi connectivity index (χ0) is 18.3. The molecule has 0 radical (unpaired) electrons. The monoisotopic (exact) mass is 570 g/mol. The zero-order valence-corrected chi connectivity index (χ0v) is 20.9. The Morgan fingerprint density at radius 2 is 1.59 bits per heavy atom. The van der Waals surface area contributed by atoms with Crippen LogP contribution in [0.5, 0.6) is 0 Å². The van der Waals surface area contributed by atoms with E-state index in [2.05, 4.69) is 99.1 Å². The van der Waals surface area contributed by atoms with Gasteiger partial charge in [0.2, 0.25) is 0 Å². The van der Waals surface area contributed by atoms with E-state index in [9.17, 15) is 0 Å². The first kappa shape index (κ1) is 21.2. The number of hydrogen-bond acceptors (Lipinski definition) is 3. The van der Waals surface area contributed by atoms with Crippen LogP contribution in [0.15, 0.2) is 68.2 Å². The number of hydrogen-bond donors (Lipinski definition) is 0. The van der Waals surface area contributed by atoms with Crippen molar-refractivity contribution in [2.75, 3.05) is 13.1 Å². The van der Waals surface area contributed by atoms with E-state index < -0.39 is 0 Å². The minimum Gasteiger partial charge on any atom is -0.323 e. The van der Waals surface area contributed by atoms with Crippen molar-refractivity contribution in [1.29, 1.82) is 0 Å². The van der Waals surface area contributed by atoms with E-state index >= 15 is 0 Å². The summed E-state index contributed by atoms with van der Waals surface area (Å²) in [5.41, 5.74) is 4.15. The molecule has 0 amide bonds. The van der Waals surface area contributed by atoms with Gasteiger partial charge in [0, 0.05) is 44.5 Å². The number of nitrogens with zero attached hydrogens (tertiary/aromatic N) is 2. The second-order valence-electron chi connectivity index (χ2n) is 7.54. The predicted octanol–water partition coefficient (Wildman–Crippen LogP) is 7.15. The topological polar surface area (TPSA) is 15.6 Å². The molecule has 0 fully saturated rings. The maximum Gasteiger partial charge on any atom is 0.168 e. The molecule has 0 unspecified atom stereocenters. The van der Waals surface area contributed by atoms with Crippen molar-refractivity contribution in [1.82, 2.24) is 4.90 Å². The van der Waals surface area contributed by atoms with E-state index in [1.165, 1.54) is 21.7 Å². The first-order valence-corrected chi connectivity index (χ1v) is 11.0. The van der Waals surface area contributed by atoms with Crippen LogP contribution >= 0.6 is 60.6 Å². The first-order valence-electron chi connectivity index (χ1n) is 8.65. The Balaban J connectivity index is 0.00000210. The second-order valence-corrected chi connectivity index (χ2v) is 10.3. The number of thioether (sulfide) groups is 1. The van der Waals surface area contributed by atoms with E-state index in [4.69, 9.17) is 4.99 Å². The van der Waals surface area contributed by atoms with E-state index in [0.29, 0.717) is 0 Å². The third kappa shape index (κ3) is 4.72. The van der Waals surface area contributed by atoms with Crippen molar-refractivity contribution in [2.45, 2.75) is 20.3 Å². The highest BCUT2D eigenvalue weighted by atomic mass is 79.9. The van der Waals surface area contributed by atoms with Crippen LogP contribution in [-0.4, -0.2) is 23.2 Å². The lowest BCUT2D eigenvalue weighted by atomic mass is 9.91. The number of amidine groups is 1. The standard InChI is InChI=1S/C21H20Br2N2S.BrH/c1-21(2)12-24-20-25(13-21)18(11-14-3-7-16(22)8-4-14)19(26-20)15-5-9-17(23)10-6-15;/h3-10H,11-13H2,1-2H3;1H. The molecule has 142 valence electrons. The molecule has 2 heterocycles. The molecule has 0 aliphatic carbocycles. The minimum atomic E-state index is 0. The molecule has 2 aromatic carbocycles. The SMILES string of the molecule is Br.CC1(C)CN=C2SC(c3ccc(Br)cc3)=C(Cc3ccc(Br)cc3)N2C1. The Labute approximate surface area is 192 Å². The molecule has 2 nitrogen and oxygen atoms in total. The van der Waals surface area contributed by atoms with E-state index in [0.717, 1.165) is 33.6 Å². The van der Waals surface area contributed by atoms with Gasteiger partial charge >= 0.3 is 0 Å². The van der Waals surface area contributed by atoms with Crippen molar-refractivity contribution >= 4 is 70.7 Å². The minimum absolute atomic E-state index is 0. The van der Waals surface area contributed by atoms with Crippen LogP contribution < -0.4 is 0 Å². The molecule has 0 atom stereocenters. The summed E-state index contributed by atoms with van der Waals surface area (Å²) in [6, 6.07) is 17.2. The van der Waals surface area contributed by atoms with Crippen molar-refractivity contribution in [3.63, 3.8) is 0 Å².